The first-order valence-corrected chi connectivity index (χ1v) is 4.47. The molecule has 4 heteroatoms. The maximum Gasteiger partial charge on any atom is 0.157 e. The van der Waals surface area contributed by atoms with Crippen LogP contribution >= 0.6 is 0 Å². The summed E-state index contributed by atoms with van der Waals surface area (Å²) in [6.45, 7) is 2.47. The average Bonchev–Trinajstić information content (AvgIpc) is 2.65. The Kier molecular flexibility index (Phi) is 2.28. The number of nitrogens with two attached hydrogens (primary N) is 1. The smallest absolute Gasteiger partial charge is 0.157 e. The molecule has 0 saturated carbocycles. The van der Waals surface area contributed by atoms with Crippen molar-refractivity contribution in [1.82, 2.24) is 14.8 Å². The first kappa shape index (κ1) is 8.90. The maximum atomic E-state index is 5.61. The highest BCUT2D eigenvalue weighted by molar-refractivity contribution is 5.32. The molecule has 2 heterocycles. The molecule has 0 aromatic carbocycles. The summed E-state index contributed by atoms with van der Waals surface area (Å²) in [5, 5.41) is 4.19. The van der Waals surface area contributed by atoms with Gasteiger partial charge in [0.1, 0.15) is 0 Å². The lowest BCUT2D eigenvalue weighted by molar-refractivity contribution is 0.823. The van der Waals surface area contributed by atoms with Crippen molar-refractivity contribution in [2.24, 2.45) is 5.73 Å². The molecule has 2 N–H and O–H groups in total. The molecule has 0 saturated heterocycles. The van der Waals surface area contributed by atoms with Crippen LogP contribution in [-0.4, -0.2) is 14.8 Å². The highest BCUT2D eigenvalue weighted by atomic mass is 15.3. The second-order valence-electron chi connectivity index (χ2n) is 3.15. The predicted molar refractivity (Wildman–Crippen MR) is 54.0 cm³/mol. The van der Waals surface area contributed by atoms with Crippen molar-refractivity contribution >= 4 is 0 Å². The lowest BCUT2D eigenvalue weighted by Gasteiger charge is -2.04. The lowest BCUT2D eigenvalue weighted by atomic mass is 10.2. The van der Waals surface area contributed by atoms with Crippen LogP contribution in [0.1, 0.15) is 11.1 Å². The van der Waals surface area contributed by atoms with Crippen molar-refractivity contribution in [2.75, 3.05) is 0 Å². The summed E-state index contributed by atoms with van der Waals surface area (Å²) in [6, 6.07) is 3.83. The van der Waals surface area contributed by atoms with Gasteiger partial charge in [-0.25, -0.2) is 9.67 Å². The fourth-order valence-corrected chi connectivity index (χ4v) is 1.32. The monoisotopic (exact) mass is 188 g/mol. The van der Waals surface area contributed by atoms with Crippen LogP contribution in [0.15, 0.2) is 30.7 Å². The van der Waals surface area contributed by atoms with Crippen LogP contribution in [0.25, 0.3) is 5.82 Å². The van der Waals surface area contributed by atoms with Crippen LogP contribution in [0.3, 0.4) is 0 Å². The largest absolute Gasteiger partial charge is 0.326 e. The summed E-state index contributed by atoms with van der Waals surface area (Å²) < 4.78 is 1.75. The van der Waals surface area contributed by atoms with Gasteiger partial charge < -0.3 is 5.73 Å². The molecule has 0 fully saturated rings. The summed E-state index contributed by atoms with van der Waals surface area (Å²) in [7, 11) is 0. The Labute approximate surface area is 82.4 Å². The van der Waals surface area contributed by atoms with Gasteiger partial charge in [-0.3, -0.25) is 0 Å². The van der Waals surface area contributed by atoms with E-state index in [1.54, 1.807) is 17.1 Å². The molecule has 4 nitrogen and oxygen atoms in total. The van der Waals surface area contributed by atoms with Gasteiger partial charge in [0.25, 0.3) is 0 Å². The molecule has 14 heavy (non-hydrogen) atoms. The fraction of sp³-hybridized carbons (Fsp3) is 0.200. The average molecular weight is 188 g/mol. The van der Waals surface area contributed by atoms with Gasteiger partial charge in [0.15, 0.2) is 5.82 Å². The van der Waals surface area contributed by atoms with E-state index in [0.717, 1.165) is 16.9 Å². The van der Waals surface area contributed by atoms with Crippen LogP contribution in [-0.2, 0) is 6.54 Å². The normalized spacial score (nSPS) is 10.4. The molecule has 0 spiro atoms. The second kappa shape index (κ2) is 3.59. The number of hydrogen-bond donors (Lipinski definition) is 1. The summed E-state index contributed by atoms with van der Waals surface area (Å²) in [4.78, 5) is 4.25. The van der Waals surface area contributed by atoms with E-state index in [2.05, 4.69) is 10.1 Å². The van der Waals surface area contributed by atoms with Crippen molar-refractivity contribution in [3.8, 4) is 5.82 Å². The summed E-state index contributed by atoms with van der Waals surface area (Å²) >= 11 is 0. The van der Waals surface area contributed by atoms with Crippen molar-refractivity contribution in [2.45, 2.75) is 13.5 Å². The molecule has 0 aliphatic carbocycles. The van der Waals surface area contributed by atoms with Gasteiger partial charge >= 0.3 is 0 Å². The Morgan fingerprint density at radius 1 is 1.50 bits per heavy atom. The van der Waals surface area contributed by atoms with Crippen molar-refractivity contribution in [3.63, 3.8) is 0 Å². The Hall–Kier alpha value is -1.68. The molecule has 0 bridgehead atoms. The van der Waals surface area contributed by atoms with E-state index in [1.807, 2.05) is 25.3 Å². The van der Waals surface area contributed by atoms with E-state index >= 15 is 0 Å². The van der Waals surface area contributed by atoms with Crippen LogP contribution in [0.5, 0.6) is 0 Å². The number of hydrogen-bond acceptors (Lipinski definition) is 3. The fourth-order valence-electron chi connectivity index (χ4n) is 1.32. The number of pyridine rings is 1. The van der Waals surface area contributed by atoms with Crippen LogP contribution in [0.4, 0.5) is 0 Å². The van der Waals surface area contributed by atoms with Gasteiger partial charge in [-0.1, -0.05) is 6.07 Å². The number of nitrogens with zero attached hydrogens (tertiary/aromatic N) is 3. The molecular formula is C10H12N4. The third kappa shape index (κ3) is 1.52. The van der Waals surface area contributed by atoms with Crippen molar-refractivity contribution in [3.05, 3.63) is 41.9 Å². The molecular weight excluding hydrogens is 176 g/mol. The Bertz CT molecular complexity index is 433. The summed E-state index contributed by atoms with van der Waals surface area (Å²) in [6.07, 6.45) is 5.47. The highest BCUT2D eigenvalue weighted by Gasteiger charge is 2.04. The zero-order valence-electron chi connectivity index (χ0n) is 8.01. The van der Waals surface area contributed by atoms with Gasteiger partial charge in [0.2, 0.25) is 0 Å². The van der Waals surface area contributed by atoms with Gasteiger partial charge in [-0.2, -0.15) is 5.10 Å². The zero-order chi connectivity index (χ0) is 9.97. The Morgan fingerprint density at radius 2 is 2.36 bits per heavy atom. The SMILES string of the molecule is Cc1cnn(-c2ncccc2CN)c1. The van der Waals surface area contributed by atoms with Crippen LogP contribution in [0.2, 0.25) is 0 Å². The molecule has 0 atom stereocenters. The van der Waals surface area contributed by atoms with Gasteiger partial charge in [0.05, 0.1) is 6.20 Å². The predicted octanol–water partition coefficient (Wildman–Crippen LogP) is 1.03. The molecule has 2 rings (SSSR count). The zero-order valence-corrected chi connectivity index (χ0v) is 8.01. The minimum Gasteiger partial charge on any atom is -0.326 e. The summed E-state index contributed by atoms with van der Waals surface area (Å²) in [5.74, 6) is 0.808. The van der Waals surface area contributed by atoms with E-state index in [4.69, 9.17) is 5.73 Å². The quantitative estimate of drug-likeness (QED) is 0.766. The molecule has 2 aromatic heterocycles. The number of aromatic nitrogens is 3. The van der Waals surface area contributed by atoms with Crippen molar-refractivity contribution in [1.29, 1.82) is 0 Å². The molecule has 0 unspecified atom stereocenters. The van der Waals surface area contributed by atoms with Crippen LogP contribution in [0, 0.1) is 6.92 Å². The van der Waals surface area contributed by atoms with Gasteiger partial charge in [-0.15, -0.1) is 0 Å². The Morgan fingerprint density at radius 3 is 3.00 bits per heavy atom. The first-order chi connectivity index (χ1) is 6.81. The van der Waals surface area contributed by atoms with E-state index in [9.17, 15) is 0 Å². The summed E-state index contributed by atoms with van der Waals surface area (Å²) in [5.41, 5.74) is 7.72. The Balaban J connectivity index is 2.50. The second-order valence-corrected chi connectivity index (χ2v) is 3.15. The highest BCUT2D eigenvalue weighted by Crippen LogP contribution is 2.10. The van der Waals surface area contributed by atoms with Crippen LogP contribution < -0.4 is 5.73 Å². The van der Waals surface area contributed by atoms with E-state index in [-0.39, 0.29) is 0 Å². The van der Waals surface area contributed by atoms with E-state index in [1.165, 1.54) is 0 Å². The maximum absolute atomic E-state index is 5.61. The molecule has 0 radical (unpaired) electrons. The molecule has 0 aliphatic rings. The minimum atomic E-state index is 0.474. The van der Waals surface area contributed by atoms with E-state index in [0.29, 0.717) is 6.54 Å². The minimum absolute atomic E-state index is 0.474. The standard InChI is InChI=1S/C10H12N4/c1-8-6-13-14(7-8)10-9(5-11)3-2-4-12-10/h2-4,6-7H,5,11H2,1H3. The van der Waals surface area contributed by atoms with E-state index < -0.39 is 0 Å². The molecule has 0 amide bonds. The molecule has 0 aliphatic heterocycles. The first-order valence-electron chi connectivity index (χ1n) is 4.47. The number of aryl methyl sites for hydroxylation is 1. The third-order valence-corrected chi connectivity index (χ3v) is 2.02. The topological polar surface area (TPSA) is 56.7 Å². The van der Waals surface area contributed by atoms with Gasteiger partial charge in [0, 0.05) is 24.5 Å². The third-order valence-electron chi connectivity index (χ3n) is 2.02. The molecule has 2 aromatic rings. The van der Waals surface area contributed by atoms with Gasteiger partial charge in [-0.05, 0) is 18.6 Å². The lowest BCUT2D eigenvalue weighted by Crippen LogP contribution is -2.06. The molecule has 72 valence electrons. The van der Waals surface area contributed by atoms with Crippen molar-refractivity contribution < 1.29 is 0 Å². The number of rotatable bonds is 2.